The van der Waals surface area contributed by atoms with Gasteiger partial charge in [0.25, 0.3) is 7.82 Å². The van der Waals surface area contributed by atoms with Crippen molar-refractivity contribution in [2.75, 3.05) is 47.5 Å². The van der Waals surface area contributed by atoms with E-state index in [2.05, 4.69) is 86.8 Å². The number of likely N-dealkylation sites (N-methyl/N-ethyl adjacent to an activating group) is 1. The number of phosphoric ester groups is 1. The predicted molar refractivity (Wildman–Crippen MR) is 249 cm³/mol. The summed E-state index contributed by atoms with van der Waals surface area (Å²) in [7, 11) is 1.14. The molecule has 0 saturated heterocycles. The lowest BCUT2D eigenvalue weighted by molar-refractivity contribution is -0.870. The number of allylic oxidation sites excluding steroid dienone is 12. The minimum absolute atomic E-state index is 0.0373. The standard InChI is InChI=1S/C50H88NO8P/c1-6-8-10-12-14-16-18-20-21-22-23-24-25-26-27-28-29-31-33-35-37-39-41-43-50(53)59-48(47-58-60(54,55)57-45-44-51(3,4)5)46-56-49(52)42-40-38-36-34-32-30-19-17-15-13-11-9-7-2/h8,10-11,13-14,16-17,19-21,23-24,48H,6-7,9,12,15,18,22,25-47H2,1-5H3/b10-8-,13-11-,16-14-,19-17-,21-20-,24-23-. The predicted octanol–water partition coefficient (Wildman–Crippen LogP) is 13.2. The molecule has 2 atom stereocenters. The van der Waals surface area contributed by atoms with Gasteiger partial charge < -0.3 is 27.9 Å². The van der Waals surface area contributed by atoms with E-state index < -0.39 is 32.5 Å². The number of carbonyl (C=O) groups is 2. The minimum Gasteiger partial charge on any atom is -0.756 e. The largest absolute Gasteiger partial charge is 0.756 e. The van der Waals surface area contributed by atoms with Gasteiger partial charge in [0.15, 0.2) is 6.10 Å². The van der Waals surface area contributed by atoms with Crippen LogP contribution in [0.25, 0.3) is 0 Å². The Labute approximate surface area is 368 Å². The number of hydrogen-bond acceptors (Lipinski definition) is 8. The fourth-order valence-electron chi connectivity index (χ4n) is 6.04. The number of unbranched alkanes of at least 4 members (excludes halogenated alkanes) is 16. The molecule has 0 aromatic heterocycles. The monoisotopic (exact) mass is 862 g/mol. The van der Waals surface area contributed by atoms with Crippen LogP contribution in [-0.2, 0) is 32.7 Å². The lowest BCUT2D eigenvalue weighted by atomic mass is 10.0. The molecule has 346 valence electrons. The third-order valence-electron chi connectivity index (χ3n) is 9.69. The first-order valence-corrected chi connectivity index (χ1v) is 25.1. The summed E-state index contributed by atoms with van der Waals surface area (Å²) in [4.78, 5) is 37.6. The topological polar surface area (TPSA) is 111 Å². The van der Waals surface area contributed by atoms with Crippen LogP contribution in [0.15, 0.2) is 72.9 Å². The molecule has 0 aromatic rings. The van der Waals surface area contributed by atoms with Gasteiger partial charge in [-0.3, -0.25) is 14.2 Å². The van der Waals surface area contributed by atoms with Gasteiger partial charge in [-0.15, -0.1) is 0 Å². The highest BCUT2D eigenvalue weighted by Gasteiger charge is 2.21. The van der Waals surface area contributed by atoms with Crippen molar-refractivity contribution in [3.8, 4) is 0 Å². The molecule has 9 nitrogen and oxygen atoms in total. The molecule has 2 unspecified atom stereocenters. The van der Waals surface area contributed by atoms with Crippen LogP contribution in [0, 0.1) is 0 Å². The highest BCUT2D eigenvalue weighted by molar-refractivity contribution is 7.45. The normalized spacial score (nSPS) is 14.2. The summed E-state index contributed by atoms with van der Waals surface area (Å²) in [6, 6.07) is 0. The molecule has 0 aliphatic rings. The van der Waals surface area contributed by atoms with Gasteiger partial charge in [-0.25, -0.2) is 0 Å². The zero-order valence-electron chi connectivity index (χ0n) is 38.9. The van der Waals surface area contributed by atoms with Crippen molar-refractivity contribution in [3.63, 3.8) is 0 Å². The summed E-state index contributed by atoms with van der Waals surface area (Å²) in [5.41, 5.74) is 0. The van der Waals surface area contributed by atoms with Crippen molar-refractivity contribution < 1.29 is 42.1 Å². The van der Waals surface area contributed by atoms with Crippen molar-refractivity contribution in [1.29, 1.82) is 0 Å². The van der Waals surface area contributed by atoms with Crippen molar-refractivity contribution in [2.24, 2.45) is 0 Å². The van der Waals surface area contributed by atoms with E-state index in [1.54, 1.807) is 0 Å². The maximum atomic E-state index is 12.7. The Morgan fingerprint density at radius 2 is 0.950 bits per heavy atom. The summed E-state index contributed by atoms with van der Waals surface area (Å²) in [6.07, 6.45) is 52.1. The summed E-state index contributed by atoms with van der Waals surface area (Å²) >= 11 is 0. The number of nitrogens with zero attached hydrogens (tertiary/aromatic N) is 1. The van der Waals surface area contributed by atoms with Crippen LogP contribution in [0.2, 0.25) is 0 Å². The zero-order valence-corrected chi connectivity index (χ0v) is 39.8. The summed E-state index contributed by atoms with van der Waals surface area (Å²) in [5, 5.41) is 0. The Morgan fingerprint density at radius 1 is 0.533 bits per heavy atom. The van der Waals surface area contributed by atoms with Crippen LogP contribution in [0.4, 0.5) is 0 Å². The Hall–Kier alpha value is -2.55. The molecule has 0 saturated carbocycles. The number of carbonyl (C=O) groups excluding carboxylic acids is 2. The molecule has 0 heterocycles. The lowest BCUT2D eigenvalue weighted by Crippen LogP contribution is -2.37. The van der Waals surface area contributed by atoms with E-state index in [0.29, 0.717) is 23.9 Å². The minimum atomic E-state index is -4.63. The molecule has 0 amide bonds. The molecule has 0 rings (SSSR count). The molecule has 60 heavy (non-hydrogen) atoms. The Morgan fingerprint density at radius 3 is 1.42 bits per heavy atom. The van der Waals surface area contributed by atoms with Crippen molar-refractivity contribution in [1.82, 2.24) is 0 Å². The highest BCUT2D eigenvalue weighted by atomic mass is 31.2. The van der Waals surface area contributed by atoms with E-state index in [1.165, 1.54) is 44.9 Å². The van der Waals surface area contributed by atoms with E-state index in [1.807, 2.05) is 21.1 Å². The summed E-state index contributed by atoms with van der Waals surface area (Å²) in [6.45, 7) is 4.02. The first-order valence-electron chi connectivity index (χ1n) is 23.6. The smallest absolute Gasteiger partial charge is 0.306 e. The second kappa shape index (κ2) is 41.8. The third kappa shape index (κ3) is 45.0. The average molecular weight is 862 g/mol. The molecule has 0 aliphatic heterocycles. The quantitative estimate of drug-likeness (QED) is 0.0196. The first-order chi connectivity index (χ1) is 29.0. The van der Waals surface area contributed by atoms with E-state index in [9.17, 15) is 19.0 Å². The van der Waals surface area contributed by atoms with Crippen LogP contribution in [-0.4, -0.2) is 70.0 Å². The van der Waals surface area contributed by atoms with Gasteiger partial charge in [0.05, 0.1) is 27.7 Å². The van der Waals surface area contributed by atoms with Gasteiger partial charge >= 0.3 is 11.9 Å². The van der Waals surface area contributed by atoms with Gasteiger partial charge in [0.2, 0.25) is 0 Å². The SMILES string of the molecule is CC/C=C\C/C=C\C/C=C\C/C=C\CCCCCCCCCCCCC(=O)OC(COC(=O)CCCCCCC/C=C\C/C=C\CCC)COP(=O)([O-])OCC[N+](C)(C)C. The number of esters is 2. The summed E-state index contributed by atoms with van der Waals surface area (Å²) in [5.74, 6) is -0.860. The second-order valence-electron chi connectivity index (χ2n) is 16.7. The number of hydrogen-bond donors (Lipinski definition) is 0. The molecule has 0 bridgehead atoms. The highest BCUT2D eigenvalue weighted by Crippen LogP contribution is 2.38. The van der Waals surface area contributed by atoms with Crippen LogP contribution in [0.5, 0.6) is 0 Å². The first kappa shape index (κ1) is 57.4. The maximum Gasteiger partial charge on any atom is 0.306 e. The van der Waals surface area contributed by atoms with Crippen molar-refractivity contribution in [3.05, 3.63) is 72.9 Å². The van der Waals surface area contributed by atoms with E-state index in [0.717, 1.165) is 96.3 Å². The Bertz CT molecular complexity index is 1250. The number of quaternary nitrogens is 1. The molecular weight excluding hydrogens is 774 g/mol. The van der Waals surface area contributed by atoms with Gasteiger partial charge in [-0.05, 0) is 77.0 Å². The van der Waals surface area contributed by atoms with Crippen molar-refractivity contribution in [2.45, 2.75) is 187 Å². The fourth-order valence-corrected chi connectivity index (χ4v) is 6.76. The molecule has 0 spiro atoms. The van der Waals surface area contributed by atoms with E-state index >= 15 is 0 Å². The molecule has 10 heteroatoms. The number of rotatable bonds is 42. The van der Waals surface area contributed by atoms with Gasteiger partial charge in [0.1, 0.15) is 19.8 Å². The van der Waals surface area contributed by atoms with Gasteiger partial charge in [0, 0.05) is 12.8 Å². The molecular formula is C50H88NO8P. The number of phosphoric acid groups is 1. The van der Waals surface area contributed by atoms with Gasteiger partial charge in [-0.2, -0.15) is 0 Å². The summed E-state index contributed by atoms with van der Waals surface area (Å²) < 4.78 is 33.9. The van der Waals surface area contributed by atoms with Crippen LogP contribution >= 0.6 is 7.82 Å². The average Bonchev–Trinajstić information content (AvgIpc) is 3.20. The molecule has 0 N–H and O–H groups in total. The van der Waals surface area contributed by atoms with E-state index in [-0.39, 0.29) is 26.1 Å². The molecule has 0 radical (unpaired) electrons. The van der Waals surface area contributed by atoms with Crippen LogP contribution < -0.4 is 4.89 Å². The second-order valence-corrected chi connectivity index (χ2v) is 18.1. The van der Waals surface area contributed by atoms with Crippen molar-refractivity contribution >= 4 is 19.8 Å². The molecule has 0 aliphatic carbocycles. The Kier molecular flexibility index (Phi) is 40.0. The van der Waals surface area contributed by atoms with Crippen LogP contribution in [0.3, 0.4) is 0 Å². The lowest BCUT2D eigenvalue weighted by Gasteiger charge is -2.28. The third-order valence-corrected chi connectivity index (χ3v) is 10.7. The molecule has 0 aromatic carbocycles. The Balaban J connectivity index is 4.29. The maximum absolute atomic E-state index is 12.7. The zero-order chi connectivity index (χ0) is 44.3. The number of ether oxygens (including phenoxy) is 2. The molecule has 0 fully saturated rings. The van der Waals surface area contributed by atoms with E-state index in [4.69, 9.17) is 18.5 Å². The van der Waals surface area contributed by atoms with Gasteiger partial charge in [-0.1, -0.05) is 164 Å². The fraction of sp³-hybridized carbons (Fsp3) is 0.720. The van der Waals surface area contributed by atoms with Crippen LogP contribution in [0.1, 0.15) is 181 Å².